The molecule has 0 saturated heterocycles. The van der Waals surface area contributed by atoms with Gasteiger partial charge in [-0.1, -0.05) is 51.1 Å². The average molecular weight is 373 g/mol. The minimum atomic E-state index is -3.89. The van der Waals surface area contributed by atoms with E-state index >= 15 is 0 Å². The Morgan fingerprint density at radius 1 is 1.08 bits per heavy atom. The molecule has 0 bridgehead atoms. The normalized spacial score (nSPS) is 17.1. The van der Waals surface area contributed by atoms with Gasteiger partial charge in [-0.05, 0) is 34.7 Å². The van der Waals surface area contributed by atoms with E-state index in [0.717, 1.165) is 11.1 Å². The molecule has 26 heavy (non-hydrogen) atoms. The van der Waals surface area contributed by atoms with Crippen molar-refractivity contribution in [3.63, 3.8) is 0 Å². The highest BCUT2D eigenvalue weighted by Crippen LogP contribution is 2.37. The molecule has 1 aliphatic rings. The van der Waals surface area contributed by atoms with Gasteiger partial charge >= 0.3 is 5.97 Å². The Labute approximate surface area is 154 Å². The van der Waals surface area contributed by atoms with Gasteiger partial charge < -0.3 is 4.74 Å². The maximum Gasteiger partial charge on any atom is 0.330 e. The van der Waals surface area contributed by atoms with Crippen LogP contribution in [0.1, 0.15) is 31.9 Å². The molecular weight excluding hydrogens is 350 g/mol. The van der Waals surface area contributed by atoms with Crippen LogP contribution in [0, 0.1) is 0 Å². The Bertz CT molecular complexity index is 927. The molecule has 2 aromatic carbocycles. The number of sulfonamides is 1. The molecular formula is C20H23NO4S. The zero-order valence-corrected chi connectivity index (χ0v) is 16.2. The SMILES string of the molecule is COC(=O)C1Cc2ccccc2N1S(=O)(=O)c1ccc(C(C)(C)C)cc1. The second kappa shape index (κ2) is 6.43. The molecule has 0 fully saturated rings. The molecule has 0 N–H and O–H groups in total. The Balaban J connectivity index is 2.07. The van der Waals surface area contributed by atoms with Gasteiger partial charge in [0.2, 0.25) is 0 Å². The van der Waals surface area contributed by atoms with E-state index in [1.54, 1.807) is 24.3 Å². The van der Waals surface area contributed by atoms with E-state index in [1.165, 1.54) is 11.4 Å². The standard InChI is InChI=1S/C20H23NO4S/c1-20(2,3)15-9-11-16(12-10-15)26(23,24)21-17-8-6-5-7-14(17)13-18(21)19(22)25-4/h5-12,18H,13H2,1-4H3. The van der Waals surface area contributed by atoms with Crippen LogP contribution in [0.2, 0.25) is 0 Å². The van der Waals surface area contributed by atoms with Crippen molar-refractivity contribution in [1.82, 2.24) is 0 Å². The summed E-state index contributed by atoms with van der Waals surface area (Å²) in [6.07, 6.45) is 0.308. The summed E-state index contributed by atoms with van der Waals surface area (Å²) in [6, 6.07) is 13.1. The van der Waals surface area contributed by atoms with Crippen LogP contribution >= 0.6 is 0 Å². The number of anilines is 1. The smallest absolute Gasteiger partial charge is 0.330 e. The summed E-state index contributed by atoms with van der Waals surface area (Å²) in [6.45, 7) is 6.21. The number of hydrogen-bond donors (Lipinski definition) is 0. The number of esters is 1. The van der Waals surface area contributed by atoms with Crippen LogP contribution in [0.3, 0.4) is 0 Å². The summed E-state index contributed by atoms with van der Waals surface area (Å²) in [7, 11) is -2.61. The van der Waals surface area contributed by atoms with Crippen LogP contribution in [-0.4, -0.2) is 27.5 Å². The van der Waals surface area contributed by atoms with Crippen LogP contribution in [0.5, 0.6) is 0 Å². The lowest BCUT2D eigenvalue weighted by Crippen LogP contribution is -2.43. The predicted octanol–water partition coefficient (Wildman–Crippen LogP) is 3.28. The van der Waals surface area contributed by atoms with Gasteiger partial charge in [0.15, 0.2) is 0 Å². The van der Waals surface area contributed by atoms with Crippen LogP contribution < -0.4 is 4.31 Å². The summed E-state index contributed by atoms with van der Waals surface area (Å²) >= 11 is 0. The van der Waals surface area contributed by atoms with E-state index in [0.29, 0.717) is 12.1 Å². The summed E-state index contributed by atoms with van der Waals surface area (Å²) in [4.78, 5) is 12.4. The number of rotatable bonds is 3. The molecule has 1 heterocycles. The van der Waals surface area contributed by atoms with Gasteiger partial charge in [-0.3, -0.25) is 4.31 Å². The molecule has 1 aliphatic heterocycles. The number of methoxy groups -OCH3 is 1. The van der Waals surface area contributed by atoms with E-state index in [4.69, 9.17) is 4.74 Å². The maximum atomic E-state index is 13.3. The molecule has 0 aliphatic carbocycles. The second-order valence-electron chi connectivity index (χ2n) is 7.45. The quantitative estimate of drug-likeness (QED) is 0.775. The number of carbonyl (C=O) groups excluding carboxylic acids is 1. The molecule has 3 rings (SSSR count). The molecule has 0 radical (unpaired) electrons. The number of hydrogen-bond acceptors (Lipinski definition) is 4. The Morgan fingerprint density at radius 3 is 2.27 bits per heavy atom. The first kappa shape index (κ1) is 18.5. The van der Waals surface area contributed by atoms with Gasteiger partial charge in [0.1, 0.15) is 6.04 Å². The number of carbonyl (C=O) groups is 1. The average Bonchev–Trinajstić information content (AvgIpc) is 3.00. The first-order valence-corrected chi connectivity index (χ1v) is 9.91. The van der Waals surface area contributed by atoms with E-state index in [9.17, 15) is 13.2 Å². The topological polar surface area (TPSA) is 63.7 Å². The molecule has 0 spiro atoms. The zero-order chi connectivity index (χ0) is 19.1. The summed E-state index contributed by atoms with van der Waals surface area (Å²) < 4.78 is 32.7. The molecule has 0 aromatic heterocycles. The number of para-hydroxylation sites is 1. The molecule has 5 nitrogen and oxygen atoms in total. The van der Waals surface area contributed by atoms with E-state index < -0.39 is 22.0 Å². The Hall–Kier alpha value is -2.34. The van der Waals surface area contributed by atoms with Crippen molar-refractivity contribution in [2.45, 2.75) is 43.5 Å². The van der Waals surface area contributed by atoms with Gasteiger partial charge in [-0.15, -0.1) is 0 Å². The third kappa shape index (κ3) is 3.09. The molecule has 0 amide bonds. The van der Waals surface area contributed by atoms with Crippen LogP contribution in [0.25, 0.3) is 0 Å². The number of benzene rings is 2. The van der Waals surface area contributed by atoms with E-state index in [1.807, 2.05) is 24.3 Å². The summed E-state index contributed by atoms with van der Waals surface area (Å²) in [5.41, 5.74) is 2.32. The highest BCUT2D eigenvalue weighted by atomic mass is 32.2. The minimum absolute atomic E-state index is 0.0723. The molecule has 2 aromatic rings. The minimum Gasteiger partial charge on any atom is -0.467 e. The zero-order valence-electron chi connectivity index (χ0n) is 15.4. The fraction of sp³-hybridized carbons (Fsp3) is 0.350. The molecule has 138 valence electrons. The summed E-state index contributed by atoms with van der Waals surface area (Å²) in [5, 5.41) is 0. The number of fused-ring (bicyclic) bond motifs is 1. The van der Waals surface area contributed by atoms with Crippen LogP contribution in [0.4, 0.5) is 5.69 Å². The van der Waals surface area contributed by atoms with Gasteiger partial charge in [0.05, 0.1) is 17.7 Å². The fourth-order valence-corrected chi connectivity index (χ4v) is 4.85. The van der Waals surface area contributed by atoms with Crippen molar-refractivity contribution in [3.8, 4) is 0 Å². The van der Waals surface area contributed by atoms with Crippen molar-refractivity contribution in [3.05, 3.63) is 59.7 Å². The van der Waals surface area contributed by atoms with Gasteiger partial charge in [0, 0.05) is 6.42 Å². The van der Waals surface area contributed by atoms with Gasteiger partial charge in [-0.25, -0.2) is 13.2 Å². The monoisotopic (exact) mass is 373 g/mol. The highest BCUT2D eigenvalue weighted by Gasteiger charge is 2.42. The van der Waals surface area contributed by atoms with Crippen molar-refractivity contribution in [2.75, 3.05) is 11.4 Å². The van der Waals surface area contributed by atoms with Crippen molar-refractivity contribution in [1.29, 1.82) is 0 Å². The predicted molar refractivity (Wildman–Crippen MR) is 101 cm³/mol. The van der Waals surface area contributed by atoms with Crippen LogP contribution in [0.15, 0.2) is 53.4 Å². The highest BCUT2D eigenvalue weighted by molar-refractivity contribution is 7.93. The lowest BCUT2D eigenvalue weighted by molar-refractivity contribution is -0.141. The number of ether oxygens (including phenoxy) is 1. The van der Waals surface area contributed by atoms with E-state index in [2.05, 4.69) is 20.8 Å². The van der Waals surface area contributed by atoms with E-state index in [-0.39, 0.29) is 10.3 Å². The Kier molecular flexibility index (Phi) is 4.56. The molecule has 6 heteroatoms. The molecule has 1 atom stereocenters. The number of nitrogens with zero attached hydrogens (tertiary/aromatic N) is 1. The lowest BCUT2D eigenvalue weighted by Gasteiger charge is -2.26. The first-order valence-electron chi connectivity index (χ1n) is 8.47. The first-order chi connectivity index (χ1) is 12.2. The van der Waals surface area contributed by atoms with Crippen molar-refractivity contribution < 1.29 is 17.9 Å². The molecule has 1 unspecified atom stereocenters. The van der Waals surface area contributed by atoms with Crippen molar-refractivity contribution >= 4 is 21.7 Å². The fourth-order valence-electron chi connectivity index (χ4n) is 3.21. The van der Waals surface area contributed by atoms with Crippen LogP contribution in [-0.2, 0) is 31.4 Å². The second-order valence-corrected chi connectivity index (χ2v) is 9.26. The Morgan fingerprint density at radius 2 is 1.69 bits per heavy atom. The van der Waals surface area contributed by atoms with Gasteiger partial charge in [-0.2, -0.15) is 0 Å². The molecule has 0 saturated carbocycles. The van der Waals surface area contributed by atoms with Gasteiger partial charge in [0.25, 0.3) is 10.0 Å². The lowest BCUT2D eigenvalue weighted by atomic mass is 9.87. The largest absolute Gasteiger partial charge is 0.467 e. The third-order valence-corrected chi connectivity index (χ3v) is 6.51. The summed E-state index contributed by atoms with van der Waals surface area (Å²) in [5.74, 6) is -0.559. The maximum absolute atomic E-state index is 13.3. The third-order valence-electron chi connectivity index (χ3n) is 4.68. The van der Waals surface area contributed by atoms with Crippen molar-refractivity contribution in [2.24, 2.45) is 0 Å².